The Bertz CT molecular complexity index is 289. The number of nitrogens with zero attached hydrogens (tertiary/aromatic N) is 2. The number of rotatable bonds is 6. The van der Waals surface area contributed by atoms with E-state index >= 15 is 0 Å². The molecule has 1 aromatic heterocycles. The van der Waals surface area contributed by atoms with Crippen LogP contribution in [0.15, 0.2) is 12.5 Å². The van der Waals surface area contributed by atoms with Crippen molar-refractivity contribution in [3.63, 3.8) is 0 Å². The van der Waals surface area contributed by atoms with Gasteiger partial charge in [0.1, 0.15) is 0 Å². The van der Waals surface area contributed by atoms with Gasteiger partial charge in [0.2, 0.25) is 0 Å². The summed E-state index contributed by atoms with van der Waals surface area (Å²) in [4.78, 5) is 4.26. The molecule has 0 unspecified atom stereocenters. The molecule has 0 bridgehead atoms. The summed E-state index contributed by atoms with van der Waals surface area (Å²) in [6, 6.07) is 0. The summed E-state index contributed by atoms with van der Waals surface area (Å²) < 4.78 is 2.31. The molecule has 0 radical (unpaired) electrons. The predicted octanol–water partition coefficient (Wildman–Crippen LogP) is 2.15. The van der Waals surface area contributed by atoms with E-state index in [0.717, 1.165) is 25.6 Å². The highest BCUT2D eigenvalue weighted by molar-refractivity contribution is 5.09. The lowest BCUT2D eigenvalue weighted by atomic mass is 9.83. The van der Waals surface area contributed by atoms with Crippen molar-refractivity contribution in [3.8, 4) is 0 Å². The Morgan fingerprint density at radius 1 is 1.47 bits per heavy atom. The molecule has 2 rings (SSSR count). The summed E-state index contributed by atoms with van der Waals surface area (Å²) in [6.45, 7) is 5.44. The zero-order valence-corrected chi connectivity index (χ0v) is 9.58. The highest BCUT2D eigenvalue weighted by atomic mass is 15.1. The fourth-order valence-corrected chi connectivity index (χ4v) is 2.06. The molecule has 0 amide bonds. The first-order chi connectivity index (χ1) is 7.42. The van der Waals surface area contributed by atoms with Crippen molar-refractivity contribution in [1.82, 2.24) is 14.9 Å². The van der Waals surface area contributed by atoms with Crippen LogP contribution < -0.4 is 5.32 Å². The highest BCUT2D eigenvalue weighted by Gasteiger charge is 2.22. The second-order valence-electron chi connectivity index (χ2n) is 4.39. The Kier molecular flexibility index (Phi) is 3.78. The molecular formula is C12H21N3. The molecule has 1 aliphatic carbocycles. The van der Waals surface area contributed by atoms with Crippen molar-refractivity contribution >= 4 is 0 Å². The van der Waals surface area contributed by atoms with Crippen LogP contribution in [0, 0.1) is 0 Å². The summed E-state index contributed by atoms with van der Waals surface area (Å²) in [5.41, 5.74) is 1.44. The Balaban J connectivity index is 1.82. The first kappa shape index (κ1) is 10.7. The van der Waals surface area contributed by atoms with Gasteiger partial charge in [0, 0.05) is 30.9 Å². The van der Waals surface area contributed by atoms with Gasteiger partial charge in [-0.3, -0.25) is 0 Å². The van der Waals surface area contributed by atoms with Gasteiger partial charge in [-0.05, 0) is 25.8 Å². The van der Waals surface area contributed by atoms with Crippen molar-refractivity contribution in [3.05, 3.63) is 18.2 Å². The normalized spacial score (nSPS) is 16.6. The van der Waals surface area contributed by atoms with E-state index in [0.29, 0.717) is 0 Å². The van der Waals surface area contributed by atoms with Crippen LogP contribution in [0.25, 0.3) is 0 Å². The van der Waals surface area contributed by atoms with Crippen LogP contribution in [0.1, 0.15) is 44.2 Å². The van der Waals surface area contributed by atoms with E-state index in [4.69, 9.17) is 0 Å². The van der Waals surface area contributed by atoms with E-state index in [2.05, 4.69) is 21.8 Å². The van der Waals surface area contributed by atoms with Crippen molar-refractivity contribution in [1.29, 1.82) is 0 Å². The third-order valence-corrected chi connectivity index (χ3v) is 3.22. The van der Waals surface area contributed by atoms with Crippen molar-refractivity contribution < 1.29 is 0 Å². The van der Waals surface area contributed by atoms with E-state index in [9.17, 15) is 0 Å². The average Bonchev–Trinajstić information content (AvgIpc) is 2.58. The fraction of sp³-hybridized carbons (Fsp3) is 0.750. The Hall–Kier alpha value is -0.830. The smallest absolute Gasteiger partial charge is 0.0948 e. The minimum absolute atomic E-state index is 0.790. The molecule has 3 nitrogen and oxygen atoms in total. The second kappa shape index (κ2) is 5.31. The molecule has 1 aliphatic rings. The van der Waals surface area contributed by atoms with Gasteiger partial charge < -0.3 is 9.88 Å². The van der Waals surface area contributed by atoms with Crippen LogP contribution in [0.4, 0.5) is 0 Å². The van der Waals surface area contributed by atoms with Crippen molar-refractivity contribution in [2.75, 3.05) is 13.1 Å². The topological polar surface area (TPSA) is 29.9 Å². The number of hydrogen-bond donors (Lipinski definition) is 1. The van der Waals surface area contributed by atoms with Gasteiger partial charge in [-0.2, -0.15) is 0 Å². The average molecular weight is 207 g/mol. The lowest BCUT2D eigenvalue weighted by molar-refractivity contribution is 0.394. The van der Waals surface area contributed by atoms with E-state index in [1.807, 2.05) is 12.5 Å². The van der Waals surface area contributed by atoms with E-state index < -0.39 is 0 Å². The Morgan fingerprint density at radius 3 is 3.00 bits per heavy atom. The van der Waals surface area contributed by atoms with Crippen LogP contribution in [0.2, 0.25) is 0 Å². The highest BCUT2D eigenvalue weighted by Crippen LogP contribution is 2.35. The van der Waals surface area contributed by atoms with Gasteiger partial charge in [0.05, 0.1) is 6.33 Å². The van der Waals surface area contributed by atoms with Gasteiger partial charge in [0.15, 0.2) is 0 Å². The maximum Gasteiger partial charge on any atom is 0.0948 e. The van der Waals surface area contributed by atoms with Crippen molar-refractivity contribution in [2.24, 2.45) is 0 Å². The van der Waals surface area contributed by atoms with E-state index in [1.54, 1.807) is 0 Å². The largest absolute Gasteiger partial charge is 0.333 e. The summed E-state index contributed by atoms with van der Waals surface area (Å²) in [6.07, 6.45) is 9.33. The second-order valence-corrected chi connectivity index (χ2v) is 4.39. The number of aromatic nitrogens is 2. The third kappa shape index (κ3) is 2.59. The lowest BCUT2D eigenvalue weighted by Crippen LogP contribution is -2.22. The summed E-state index contributed by atoms with van der Waals surface area (Å²) in [7, 11) is 0. The molecule has 0 aromatic carbocycles. The predicted molar refractivity (Wildman–Crippen MR) is 62.0 cm³/mol. The molecule has 1 N–H and O–H groups in total. The van der Waals surface area contributed by atoms with Crippen LogP contribution >= 0.6 is 0 Å². The third-order valence-electron chi connectivity index (χ3n) is 3.22. The molecular weight excluding hydrogens is 186 g/mol. The van der Waals surface area contributed by atoms with Crippen LogP contribution in [-0.4, -0.2) is 22.6 Å². The number of hydrogen-bond acceptors (Lipinski definition) is 2. The molecule has 0 spiro atoms. The first-order valence-electron chi connectivity index (χ1n) is 6.12. The fourth-order valence-electron chi connectivity index (χ4n) is 2.06. The Labute approximate surface area is 91.9 Å². The molecule has 84 valence electrons. The number of imidazole rings is 1. The van der Waals surface area contributed by atoms with Gasteiger partial charge >= 0.3 is 0 Å². The maximum atomic E-state index is 4.26. The quantitative estimate of drug-likeness (QED) is 0.724. The van der Waals surface area contributed by atoms with E-state index in [-0.39, 0.29) is 0 Å². The summed E-state index contributed by atoms with van der Waals surface area (Å²) >= 11 is 0. The van der Waals surface area contributed by atoms with Gasteiger partial charge in [-0.1, -0.05) is 13.3 Å². The molecule has 0 saturated heterocycles. The zero-order chi connectivity index (χ0) is 10.5. The lowest BCUT2D eigenvalue weighted by Gasteiger charge is -2.26. The minimum Gasteiger partial charge on any atom is -0.333 e. The molecule has 15 heavy (non-hydrogen) atoms. The molecule has 1 heterocycles. The maximum absolute atomic E-state index is 4.26. The monoisotopic (exact) mass is 207 g/mol. The standard InChI is InChI=1S/C12H21N3/c1-2-6-13-7-8-15-10-14-9-12(15)11-4-3-5-11/h9-11,13H,2-8H2,1H3. The number of nitrogens with one attached hydrogen (secondary N) is 1. The van der Waals surface area contributed by atoms with Crippen molar-refractivity contribution in [2.45, 2.75) is 45.1 Å². The van der Waals surface area contributed by atoms with Crippen LogP contribution in [-0.2, 0) is 6.54 Å². The summed E-state index contributed by atoms with van der Waals surface area (Å²) in [5.74, 6) is 0.790. The minimum atomic E-state index is 0.790. The molecule has 3 heteroatoms. The van der Waals surface area contributed by atoms with Gasteiger partial charge in [-0.25, -0.2) is 4.98 Å². The molecule has 1 aromatic rings. The molecule has 1 fully saturated rings. The van der Waals surface area contributed by atoms with Crippen LogP contribution in [0.5, 0.6) is 0 Å². The van der Waals surface area contributed by atoms with E-state index in [1.165, 1.54) is 31.4 Å². The Morgan fingerprint density at radius 2 is 2.33 bits per heavy atom. The first-order valence-corrected chi connectivity index (χ1v) is 6.12. The zero-order valence-electron chi connectivity index (χ0n) is 9.58. The molecule has 0 aliphatic heterocycles. The van der Waals surface area contributed by atoms with Crippen LogP contribution in [0.3, 0.4) is 0 Å². The van der Waals surface area contributed by atoms with Gasteiger partial charge in [0.25, 0.3) is 0 Å². The molecule has 1 saturated carbocycles. The van der Waals surface area contributed by atoms with Gasteiger partial charge in [-0.15, -0.1) is 0 Å². The summed E-state index contributed by atoms with van der Waals surface area (Å²) in [5, 5.41) is 3.43. The SMILES string of the molecule is CCCNCCn1cncc1C1CCC1. The molecule has 0 atom stereocenters.